The van der Waals surface area contributed by atoms with Gasteiger partial charge in [0.15, 0.2) is 0 Å². The zero-order valence-electron chi connectivity index (χ0n) is 12.9. The molecule has 106 valence electrons. The third-order valence-electron chi connectivity index (χ3n) is 4.60. The number of nitrogens with one attached hydrogen (secondary N) is 1. The highest BCUT2D eigenvalue weighted by molar-refractivity contribution is 5.32. The first kappa shape index (κ1) is 14.6. The second kappa shape index (κ2) is 6.56. The van der Waals surface area contributed by atoms with Crippen LogP contribution < -0.4 is 5.32 Å². The number of rotatable bonds is 5. The second-order valence-corrected chi connectivity index (χ2v) is 6.61. The van der Waals surface area contributed by atoms with E-state index in [1.54, 1.807) is 11.1 Å². The minimum Gasteiger partial charge on any atom is -0.312 e. The summed E-state index contributed by atoms with van der Waals surface area (Å²) in [6.45, 7) is 9.20. The van der Waals surface area contributed by atoms with Crippen LogP contribution in [0.4, 0.5) is 0 Å². The van der Waals surface area contributed by atoms with E-state index in [9.17, 15) is 0 Å². The first-order valence-electron chi connectivity index (χ1n) is 7.91. The molecule has 0 saturated heterocycles. The van der Waals surface area contributed by atoms with Gasteiger partial charge in [-0.3, -0.25) is 0 Å². The Morgan fingerprint density at radius 2 is 1.89 bits per heavy atom. The molecule has 3 atom stereocenters. The van der Waals surface area contributed by atoms with Crippen molar-refractivity contribution in [3.8, 4) is 0 Å². The summed E-state index contributed by atoms with van der Waals surface area (Å²) in [6.07, 6.45) is 5.33. The highest BCUT2D eigenvalue weighted by Crippen LogP contribution is 2.36. The monoisotopic (exact) mass is 259 g/mol. The maximum atomic E-state index is 3.66. The summed E-state index contributed by atoms with van der Waals surface area (Å²) >= 11 is 0. The van der Waals surface area contributed by atoms with Crippen LogP contribution in [0.3, 0.4) is 0 Å². The first-order chi connectivity index (χ1) is 9.08. The summed E-state index contributed by atoms with van der Waals surface area (Å²) in [6, 6.07) is 10.3. The largest absolute Gasteiger partial charge is 0.312 e. The third kappa shape index (κ3) is 3.82. The van der Waals surface area contributed by atoms with E-state index in [4.69, 9.17) is 0 Å². The fourth-order valence-corrected chi connectivity index (χ4v) is 3.44. The predicted octanol–water partition coefficient (Wildman–Crippen LogP) is 4.52. The molecule has 0 aliphatic heterocycles. The van der Waals surface area contributed by atoms with E-state index in [1.807, 2.05) is 0 Å². The van der Waals surface area contributed by atoms with Gasteiger partial charge in [0, 0.05) is 12.1 Å². The van der Waals surface area contributed by atoms with Crippen LogP contribution in [0.1, 0.15) is 64.0 Å². The van der Waals surface area contributed by atoms with Gasteiger partial charge < -0.3 is 5.32 Å². The van der Waals surface area contributed by atoms with Crippen molar-refractivity contribution in [1.82, 2.24) is 5.32 Å². The van der Waals surface area contributed by atoms with E-state index in [0.717, 1.165) is 11.8 Å². The molecule has 1 heteroatoms. The summed E-state index contributed by atoms with van der Waals surface area (Å²) in [5.41, 5.74) is 3.22. The normalized spacial score (nSPS) is 22.1. The van der Waals surface area contributed by atoms with Crippen molar-refractivity contribution in [2.24, 2.45) is 5.92 Å². The minimum absolute atomic E-state index is 0.580. The molecule has 1 nitrogen and oxygen atoms in total. The Labute approximate surface area is 118 Å². The SMILES string of the molecule is CC(C)NC(C)C(C)CC1CCCc2ccccc21. The number of hydrogen-bond donors (Lipinski definition) is 1. The van der Waals surface area contributed by atoms with Crippen molar-refractivity contribution in [1.29, 1.82) is 0 Å². The molecule has 1 N–H and O–H groups in total. The zero-order valence-corrected chi connectivity index (χ0v) is 12.9. The van der Waals surface area contributed by atoms with Crippen molar-refractivity contribution >= 4 is 0 Å². The molecule has 0 spiro atoms. The topological polar surface area (TPSA) is 12.0 Å². The van der Waals surface area contributed by atoms with Gasteiger partial charge in [-0.15, -0.1) is 0 Å². The van der Waals surface area contributed by atoms with Gasteiger partial charge in [-0.1, -0.05) is 45.0 Å². The van der Waals surface area contributed by atoms with Gasteiger partial charge in [0.05, 0.1) is 0 Å². The molecule has 0 bridgehead atoms. The minimum atomic E-state index is 0.580. The highest BCUT2D eigenvalue weighted by Gasteiger charge is 2.23. The molecule has 0 saturated carbocycles. The van der Waals surface area contributed by atoms with Crippen LogP contribution in [0, 0.1) is 5.92 Å². The van der Waals surface area contributed by atoms with Crippen molar-refractivity contribution in [3.05, 3.63) is 35.4 Å². The Balaban J connectivity index is 2.00. The zero-order chi connectivity index (χ0) is 13.8. The molecule has 3 unspecified atom stereocenters. The fraction of sp³-hybridized carbons (Fsp3) is 0.667. The lowest BCUT2D eigenvalue weighted by molar-refractivity contribution is 0.324. The molecule has 1 aliphatic carbocycles. The van der Waals surface area contributed by atoms with E-state index < -0.39 is 0 Å². The third-order valence-corrected chi connectivity index (χ3v) is 4.60. The van der Waals surface area contributed by atoms with Crippen molar-refractivity contribution in [2.75, 3.05) is 0 Å². The standard InChI is InChI=1S/C18H29N/c1-13(2)19-15(4)14(3)12-17-10-7-9-16-8-5-6-11-18(16)17/h5-6,8,11,13-15,17,19H,7,9-10,12H2,1-4H3. The molecule has 0 amide bonds. The van der Waals surface area contributed by atoms with E-state index >= 15 is 0 Å². The Morgan fingerprint density at radius 3 is 2.63 bits per heavy atom. The van der Waals surface area contributed by atoms with E-state index in [-0.39, 0.29) is 0 Å². The van der Waals surface area contributed by atoms with Gasteiger partial charge in [0.25, 0.3) is 0 Å². The molecule has 1 aliphatic rings. The van der Waals surface area contributed by atoms with Crippen LogP contribution in [0.2, 0.25) is 0 Å². The van der Waals surface area contributed by atoms with Crippen LogP contribution in [-0.2, 0) is 6.42 Å². The second-order valence-electron chi connectivity index (χ2n) is 6.61. The molecule has 1 aromatic rings. The fourth-order valence-electron chi connectivity index (χ4n) is 3.44. The smallest absolute Gasteiger partial charge is 0.00669 e. The van der Waals surface area contributed by atoms with Crippen LogP contribution in [0.5, 0.6) is 0 Å². The highest BCUT2D eigenvalue weighted by atomic mass is 14.9. The summed E-state index contributed by atoms with van der Waals surface area (Å²) in [4.78, 5) is 0. The Bertz CT molecular complexity index is 396. The summed E-state index contributed by atoms with van der Waals surface area (Å²) in [5, 5.41) is 3.66. The molecule has 0 aromatic heterocycles. The van der Waals surface area contributed by atoms with Crippen LogP contribution in [0.25, 0.3) is 0 Å². The number of aryl methyl sites for hydroxylation is 1. The maximum Gasteiger partial charge on any atom is 0.00669 e. The number of hydrogen-bond acceptors (Lipinski definition) is 1. The number of fused-ring (bicyclic) bond motifs is 1. The number of benzene rings is 1. The van der Waals surface area contributed by atoms with Gasteiger partial charge in [0.1, 0.15) is 0 Å². The molecule has 19 heavy (non-hydrogen) atoms. The van der Waals surface area contributed by atoms with Crippen LogP contribution in [-0.4, -0.2) is 12.1 Å². The molecular weight excluding hydrogens is 230 g/mol. The Hall–Kier alpha value is -0.820. The van der Waals surface area contributed by atoms with E-state index in [0.29, 0.717) is 12.1 Å². The average molecular weight is 259 g/mol. The molecular formula is C18H29N. The van der Waals surface area contributed by atoms with Gasteiger partial charge in [0.2, 0.25) is 0 Å². The molecule has 2 rings (SSSR count). The quantitative estimate of drug-likeness (QED) is 0.820. The van der Waals surface area contributed by atoms with Gasteiger partial charge >= 0.3 is 0 Å². The Morgan fingerprint density at radius 1 is 1.16 bits per heavy atom. The summed E-state index contributed by atoms with van der Waals surface area (Å²) in [5.74, 6) is 1.51. The van der Waals surface area contributed by atoms with Crippen molar-refractivity contribution in [3.63, 3.8) is 0 Å². The lowest BCUT2D eigenvalue weighted by atomic mass is 9.77. The van der Waals surface area contributed by atoms with Gasteiger partial charge in [-0.05, 0) is 55.6 Å². The molecule has 1 aromatic carbocycles. The van der Waals surface area contributed by atoms with E-state index in [1.165, 1.54) is 25.7 Å². The van der Waals surface area contributed by atoms with Crippen LogP contribution in [0.15, 0.2) is 24.3 Å². The van der Waals surface area contributed by atoms with Gasteiger partial charge in [-0.25, -0.2) is 0 Å². The predicted molar refractivity (Wildman–Crippen MR) is 83.6 cm³/mol. The van der Waals surface area contributed by atoms with Gasteiger partial charge in [-0.2, -0.15) is 0 Å². The molecule has 0 radical (unpaired) electrons. The van der Waals surface area contributed by atoms with E-state index in [2.05, 4.69) is 57.3 Å². The first-order valence-corrected chi connectivity index (χ1v) is 7.91. The summed E-state index contributed by atoms with van der Waals surface area (Å²) in [7, 11) is 0. The Kier molecular flexibility index (Phi) is 5.04. The lowest BCUT2D eigenvalue weighted by Crippen LogP contribution is -2.37. The molecule has 0 heterocycles. The summed E-state index contributed by atoms with van der Waals surface area (Å²) < 4.78 is 0. The molecule has 0 fully saturated rings. The van der Waals surface area contributed by atoms with Crippen LogP contribution >= 0.6 is 0 Å². The van der Waals surface area contributed by atoms with Crippen molar-refractivity contribution < 1.29 is 0 Å². The lowest BCUT2D eigenvalue weighted by Gasteiger charge is -2.31. The average Bonchev–Trinajstić information content (AvgIpc) is 2.38. The maximum absolute atomic E-state index is 3.66. The van der Waals surface area contributed by atoms with Crippen molar-refractivity contribution in [2.45, 2.75) is 71.4 Å².